The second kappa shape index (κ2) is 6.44. The molecular formula is C11H15N3O2. The van der Waals surface area contributed by atoms with Gasteiger partial charge in [0.05, 0.1) is 0 Å². The Morgan fingerprint density at radius 3 is 2.75 bits per heavy atom. The molecule has 5 heteroatoms. The van der Waals surface area contributed by atoms with Gasteiger partial charge < -0.3 is 10.8 Å². The minimum atomic E-state index is -0.658. The van der Waals surface area contributed by atoms with E-state index in [0.29, 0.717) is 0 Å². The van der Waals surface area contributed by atoms with Gasteiger partial charge in [0.15, 0.2) is 0 Å². The molecule has 0 bridgehead atoms. The molecule has 0 atom stereocenters. The number of amides is 2. The molecule has 0 fully saturated rings. The molecule has 0 unspecified atom stereocenters. The molecular weight excluding hydrogens is 206 g/mol. The van der Waals surface area contributed by atoms with Gasteiger partial charge in [-0.25, -0.2) is 10.2 Å². The molecule has 2 amide bonds. The molecule has 0 aromatic heterocycles. The number of aromatic hydroxyl groups is 1. The van der Waals surface area contributed by atoms with E-state index >= 15 is 0 Å². The summed E-state index contributed by atoms with van der Waals surface area (Å²) in [5.74, 6) is 0.274. The number of phenols is 1. The largest absolute Gasteiger partial charge is 0.508 e. The summed E-state index contributed by atoms with van der Waals surface area (Å²) in [6, 6.07) is 6.44. The summed E-state index contributed by atoms with van der Waals surface area (Å²) in [4.78, 5) is 10.3. The average molecular weight is 221 g/mol. The van der Waals surface area contributed by atoms with E-state index in [0.717, 1.165) is 24.8 Å². The van der Waals surface area contributed by atoms with E-state index < -0.39 is 6.03 Å². The smallest absolute Gasteiger partial charge is 0.332 e. The van der Waals surface area contributed by atoms with Crippen molar-refractivity contribution in [3.05, 3.63) is 29.8 Å². The lowest BCUT2D eigenvalue weighted by Gasteiger charge is -1.99. The second-order valence-corrected chi connectivity index (χ2v) is 3.35. The van der Waals surface area contributed by atoms with Crippen LogP contribution in [0.4, 0.5) is 4.79 Å². The van der Waals surface area contributed by atoms with Crippen molar-refractivity contribution in [3.63, 3.8) is 0 Å². The summed E-state index contributed by atoms with van der Waals surface area (Å²) in [6.07, 6.45) is 4.21. The minimum Gasteiger partial charge on any atom is -0.508 e. The molecule has 0 spiro atoms. The summed E-state index contributed by atoms with van der Waals surface area (Å²) in [5.41, 5.74) is 8.11. The Labute approximate surface area is 94.0 Å². The lowest BCUT2D eigenvalue weighted by molar-refractivity contribution is 0.249. The molecule has 86 valence electrons. The highest BCUT2D eigenvalue weighted by Gasteiger charge is 1.93. The molecule has 1 aromatic rings. The number of aryl methyl sites for hydroxylation is 1. The molecule has 0 aliphatic rings. The molecule has 0 saturated carbocycles. The fraction of sp³-hybridized carbons (Fsp3) is 0.273. The number of urea groups is 1. The highest BCUT2D eigenvalue weighted by Crippen LogP contribution is 2.11. The van der Waals surface area contributed by atoms with Crippen molar-refractivity contribution < 1.29 is 9.90 Å². The molecule has 5 nitrogen and oxygen atoms in total. The Bertz CT molecular complexity index is 360. The molecule has 1 rings (SSSR count). The maximum atomic E-state index is 10.3. The van der Waals surface area contributed by atoms with Crippen LogP contribution in [0.5, 0.6) is 5.75 Å². The molecule has 0 radical (unpaired) electrons. The third-order valence-corrected chi connectivity index (χ3v) is 2.00. The Balaban J connectivity index is 2.18. The molecule has 16 heavy (non-hydrogen) atoms. The van der Waals surface area contributed by atoms with Crippen LogP contribution in [0.2, 0.25) is 0 Å². The van der Waals surface area contributed by atoms with Crippen molar-refractivity contribution in [1.82, 2.24) is 5.43 Å². The van der Waals surface area contributed by atoms with Gasteiger partial charge in [0, 0.05) is 6.21 Å². The fourth-order valence-electron chi connectivity index (χ4n) is 1.23. The molecule has 0 aliphatic carbocycles. The molecule has 4 N–H and O–H groups in total. The number of nitrogens with two attached hydrogens (primary N) is 1. The quantitative estimate of drug-likeness (QED) is 0.398. The number of hydrogen-bond donors (Lipinski definition) is 3. The third kappa shape index (κ3) is 4.99. The zero-order valence-corrected chi connectivity index (χ0v) is 8.89. The predicted octanol–water partition coefficient (Wildman–Crippen LogP) is 1.37. The first-order chi connectivity index (χ1) is 7.68. The van der Waals surface area contributed by atoms with Crippen molar-refractivity contribution in [1.29, 1.82) is 0 Å². The minimum absolute atomic E-state index is 0.274. The van der Waals surface area contributed by atoms with E-state index in [1.807, 2.05) is 12.1 Å². The number of hydrazone groups is 1. The molecule has 0 aliphatic heterocycles. The van der Waals surface area contributed by atoms with Crippen LogP contribution in [0.15, 0.2) is 29.4 Å². The predicted molar refractivity (Wildman–Crippen MR) is 62.3 cm³/mol. The number of carbonyl (C=O) groups is 1. The Morgan fingerprint density at radius 1 is 1.44 bits per heavy atom. The van der Waals surface area contributed by atoms with Crippen LogP contribution in [-0.4, -0.2) is 17.4 Å². The molecule has 0 saturated heterocycles. The number of phenolic OH excluding ortho intramolecular Hbond substituents is 1. The van der Waals surface area contributed by atoms with E-state index in [4.69, 9.17) is 10.8 Å². The van der Waals surface area contributed by atoms with Gasteiger partial charge in [-0.15, -0.1) is 0 Å². The topological polar surface area (TPSA) is 87.7 Å². The molecule has 1 aromatic carbocycles. The summed E-state index contributed by atoms with van der Waals surface area (Å²) in [6.45, 7) is 0. The van der Waals surface area contributed by atoms with Gasteiger partial charge in [0.1, 0.15) is 5.75 Å². The maximum absolute atomic E-state index is 10.3. The van der Waals surface area contributed by atoms with Crippen LogP contribution >= 0.6 is 0 Å². The first kappa shape index (κ1) is 12.0. The summed E-state index contributed by atoms with van der Waals surface area (Å²) in [7, 11) is 0. The van der Waals surface area contributed by atoms with E-state index in [2.05, 4.69) is 10.5 Å². The molecule has 0 heterocycles. The van der Waals surface area contributed by atoms with Crippen LogP contribution in [-0.2, 0) is 6.42 Å². The van der Waals surface area contributed by atoms with E-state index in [9.17, 15) is 4.79 Å². The van der Waals surface area contributed by atoms with Crippen molar-refractivity contribution in [2.24, 2.45) is 10.8 Å². The normalized spacial score (nSPS) is 10.5. The van der Waals surface area contributed by atoms with Crippen molar-refractivity contribution in [3.8, 4) is 5.75 Å². The van der Waals surface area contributed by atoms with Gasteiger partial charge >= 0.3 is 6.03 Å². The number of rotatable bonds is 5. The van der Waals surface area contributed by atoms with Gasteiger partial charge in [-0.2, -0.15) is 5.10 Å². The zero-order chi connectivity index (χ0) is 11.8. The van der Waals surface area contributed by atoms with Crippen LogP contribution in [0, 0.1) is 0 Å². The number of primary amides is 1. The number of unbranched alkanes of at least 4 members (excludes halogenated alkanes) is 1. The van der Waals surface area contributed by atoms with Gasteiger partial charge in [0.25, 0.3) is 0 Å². The maximum Gasteiger partial charge on any atom is 0.332 e. The van der Waals surface area contributed by atoms with Gasteiger partial charge in [-0.05, 0) is 37.0 Å². The number of carbonyl (C=O) groups excluding carboxylic acids is 1. The van der Waals surface area contributed by atoms with E-state index in [-0.39, 0.29) is 5.75 Å². The first-order valence-corrected chi connectivity index (χ1v) is 5.03. The standard InChI is InChI=1S/C11H15N3O2/c12-11(16)14-13-8-2-1-3-9-4-6-10(15)7-5-9/h4-8,15H,1-3H2,(H3,12,14,16)/b13-8+. The Hall–Kier alpha value is -2.04. The van der Waals surface area contributed by atoms with E-state index in [1.54, 1.807) is 18.3 Å². The monoisotopic (exact) mass is 221 g/mol. The van der Waals surface area contributed by atoms with Crippen LogP contribution in [0.3, 0.4) is 0 Å². The van der Waals surface area contributed by atoms with Crippen molar-refractivity contribution >= 4 is 12.2 Å². The van der Waals surface area contributed by atoms with Gasteiger partial charge in [-0.1, -0.05) is 12.1 Å². The van der Waals surface area contributed by atoms with Gasteiger partial charge in [-0.3, -0.25) is 0 Å². The summed E-state index contributed by atoms with van der Waals surface area (Å²) in [5, 5.41) is 12.7. The fourth-order valence-corrected chi connectivity index (χ4v) is 1.23. The van der Waals surface area contributed by atoms with E-state index in [1.165, 1.54) is 0 Å². The Kier molecular flexibility index (Phi) is 4.85. The number of nitrogens with one attached hydrogen (secondary N) is 1. The van der Waals surface area contributed by atoms with Crippen molar-refractivity contribution in [2.45, 2.75) is 19.3 Å². The average Bonchev–Trinajstić information content (AvgIpc) is 2.25. The van der Waals surface area contributed by atoms with Crippen LogP contribution in [0.1, 0.15) is 18.4 Å². The number of nitrogens with zero attached hydrogens (tertiary/aromatic N) is 1. The van der Waals surface area contributed by atoms with Crippen molar-refractivity contribution in [2.75, 3.05) is 0 Å². The third-order valence-electron chi connectivity index (χ3n) is 2.00. The SMILES string of the molecule is NC(=O)N/N=C/CCCc1ccc(O)cc1. The van der Waals surface area contributed by atoms with Gasteiger partial charge in [0.2, 0.25) is 0 Å². The lowest BCUT2D eigenvalue weighted by Crippen LogP contribution is -2.24. The second-order valence-electron chi connectivity index (χ2n) is 3.35. The number of hydrogen-bond acceptors (Lipinski definition) is 3. The Morgan fingerprint density at radius 2 is 2.12 bits per heavy atom. The van der Waals surface area contributed by atoms with Crippen LogP contribution in [0.25, 0.3) is 0 Å². The zero-order valence-electron chi connectivity index (χ0n) is 8.89. The van der Waals surface area contributed by atoms with Crippen LogP contribution < -0.4 is 11.2 Å². The highest BCUT2D eigenvalue weighted by molar-refractivity contribution is 5.72. The first-order valence-electron chi connectivity index (χ1n) is 5.03. The number of benzene rings is 1. The highest BCUT2D eigenvalue weighted by atomic mass is 16.3. The summed E-state index contributed by atoms with van der Waals surface area (Å²) < 4.78 is 0. The lowest BCUT2D eigenvalue weighted by atomic mass is 10.1. The summed E-state index contributed by atoms with van der Waals surface area (Å²) >= 11 is 0.